The Morgan fingerprint density at radius 3 is 1.89 bits per heavy atom. The highest BCUT2D eigenvalue weighted by Crippen LogP contribution is 2.15. The second kappa shape index (κ2) is 17.8. The summed E-state index contributed by atoms with van der Waals surface area (Å²) in [6.07, 6.45) is 23.4. The molecule has 1 aromatic carbocycles. The molecule has 0 spiro atoms. The van der Waals surface area contributed by atoms with Crippen molar-refractivity contribution < 1.29 is 9.84 Å². The van der Waals surface area contributed by atoms with Gasteiger partial charge in [-0.15, -0.1) is 0 Å². The van der Waals surface area contributed by atoms with E-state index in [1.807, 2.05) is 24.3 Å². The fraction of sp³-hybridized carbons (Fsp3) is 0.692. The highest BCUT2D eigenvalue weighted by atomic mass is 16.5. The fourth-order valence-electron chi connectivity index (χ4n) is 3.59. The average molecular weight is 389 g/mol. The van der Waals surface area contributed by atoms with Crippen molar-refractivity contribution in [3.8, 4) is 5.75 Å². The van der Waals surface area contributed by atoms with Crippen molar-refractivity contribution in [1.29, 1.82) is 0 Å². The molecule has 0 radical (unpaired) electrons. The number of methoxy groups -OCH3 is 1. The minimum absolute atomic E-state index is 0.264. The highest BCUT2D eigenvalue weighted by Gasteiger charge is 2.04. The van der Waals surface area contributed by atoms with Crippen LogP contribution in [0.4, 0.5) is 0 Å². The van der Waals surface area contributed by atoms with Crippen molar-refractivity contribution in [2.75, 3.05) is 7.11 Å². The molecule has 0 saturated heterocycles. The van der Waals surface area contributed by atoms with Crippen LogP contribution < -0.4 is 4.74 Å². The molecule has 2 heteroatoms. The first-order valence-corrected chi connectivity index (χ1v) is 11.7. The van der Waals surface area contributed by atoms with Crippen LogP contribution in [0, 0.1) is 0 Å². The van der Waals surface area contributed by atoms with Gasteiger partial charge in [-0.3, -0.25) is 0 Å². The molecule has 0 amide bonds. The molecule has 0 heterocycles. The summed E-state index contributed by atoms with van der Waals surface area (Å²) in [4.78, 5) is 0. The van der Waals surface area contributed by atoms with Crippen molar-refractivity contribution in [3.63, 3.8) is 0 Å². The lowest BCUT2D eigenvalue weighted by atomic mass is 10.0. The third-order valence-corrected chi connectivity index (χ3v) is 5.44. The van der Waals surface area contributed by atoms with Gasteiger partial charge < -0.3 is 9.84 Å². The van der Waals surface area contributed by atoms with Crippen LogP contribution >= 0.6 is 0 Å². The highest BCUT2D eigenvalue weighted by molar-refractivity contribution is 5.27. The molecule has 1 N–H and O–H groups in total. The van der Waals surface area contributed by atoms with Crippen molar-refractivity contribution in [1.82, 2.24) is 0 Å². The van der Waals surface area contributed by atoms with Gasteiger partial charge in [0.05, 0.1) is 13.2 Å². The molecular formula is C26H44O2. The molecule has 1 rings (SSSR count). The van der Waals surface area contributed by atoms with Gasteiger partial charge in [0.2, 0.25) is 0 Å². The van der Waals surface area contributed by atoms with E-state index in [9.17, 15) is 5.11 Å². The van der Waals surface area contributed by atoms with E-state index >= 15 is 0 Å². The van der Waals surface area contributed by atoms with Gasteiger partial charge in [-0.05, 0) is 49.8 Å². The van der Waals surface area contributed by atoms with Gasteiger partial charge in [0, 0.05) is 0 Å². The van der Waals surface area contributed by atoms with Crippen LogP contribution in [0.3, 0.4) is 0 Å². The normalized spacial score (nSPS) is 12.5. The van der Waals surface area contributed by atoms with Gasteiger partial charge in [-0.2, -0.15) is 0 Å². The summed E-state index contributed by atoms with van der Waals surface area (Å²) in [6.45, 7) is 2.28. The van der Waals surface area contributed by atoms with Crippen LogP contribution in [-0.2, 0) is 6.42 Å². The predicted octanol–water partition coefficient (Wildman–Crippen LogP) is 7.64. The van der Waals surface area contributed by atoms with Gasteiger partial charge in [-0.1, -0.05) is 95.4 Å². The minimum Gasteiger partial charge on any atom is -0.497 e. The molecule has 160 valence electrons. The molecule has 0 aliphatic heterocycles. The summed E-state index contributed by atoms with van der Waals surface area (Å²) in [6, 6.07) is 7.97. The first kappa shape index (κ1) is 24.8. The summed E-state index contributed by atoms with van der Waals surface area (Å²) in [5.41, 5.74) is 1.17. The molecular weight excluding hydrogens is 344 g/mol. The van der Waals surface area contributed by atoms with E-state index in [1.165, 1.54) is 82.6 Å². The molecule has 1 unspecified atom stereocenters. The molecule has 0 fully saturated rings. The zero-order valence-corrected chi connectivity index (χ0v) is 18.5. The van der Waals surface area contributed by atoms with Crippen molar-refractivity contribution in [2.24, 2.45) is 0 Å². The Morgan fingerprint density at radius 2 is 1.32 bits per heavy atom. The number of unbranched alkanes of at least 4 members (excludes halogenated alkanes) is 11. The zero-order valence-electron chi connectivity index (χ0n) is 18.5. The van der Waals surface area contributed by atoms with Gasteiger partial charge in [0.25, 0.3) is 0 Å². The number of hydrogen-bond donors (Lipinski definition) is 1. The number of hydrogen-bond acceptors (Lipinski definition) is 2. The third kappa shape index (κ3) is 13.8. The van der Waals surface area contributed by atoms with E-state index in [4.69, 9.17) is 4.74 Å². The number of ether oxygens (including phenoxy) is 1. The number of aliphatic hydroxyl groups is 1. The topological polar surface area (TPSA) is 29.5 Å². The van der Waals surface area contributed by atoms with E-state index in [1.54, 1.807) is 7.11 Å². The van der Waals surface area contributed by atoms with Crippen LogP contribution in [0.5, 0.6) is 5.75 Å². The zero-order chi connectivity index (χ0) is 20.3. The maximum Gasteiger partial charge on any atom is 0.118 e. The SMILES string of the molecule is CCCCCCCCCCCCCC=CCCC(O)Cc1ccc(OC)cc1. The van der Waals surface area contributed by atoms with Crippen molar-refractivity contribution in [3.05, 3.63) is 42.0 Å². The Balaban J connectivity index is 1.89. The fourth-order valence-corrected chi connectivity index (χ4v) is 3.59. The van der Waals surface area contributed by atoms with Gasteiger partial charge in [0.1, 0.15) is 5.75 Å². The predicted molar refractivity (Wildman–Crippen MR) is 122 cm³/mol. The summed E-state index contributed by atoms with van der Waals surface area (Å²) in [5.74, 6) is 0.864. The van der Waals surface area contributed by atoms with Crippen LogP contribution in [0.15, 0.2) is 36.4 Å². The first-order chi connectivity index (χ1) is 13.8. The van der Waals surface area contributed by atoms with Gasteiger partial charge >= 0.3 is 0 Å². The van der Waals surface area contributed by atoms with E-state index in [2.05, 4.69) is 19.1 Å². The lowest BCUT2D eigenvalue weighted by Gasteiger charge is -2.09. The third-order valence-electron chi connectivity index (χ3n) is 5.44. The quantitative estimate of drug-likeness (QED) is 0.207. The monoisotopic (exact) mass is 388 g/mol. The maximum atomic E-state index is 10.2. The number of rotatable bonds is 18. The van der Waals surface area contributed by atoms with Crippen LogP contribution in [0.2, 0.25) is 0 Å². The Kier molecular flexibility index (Phi) is 15.7. The smallest absolute Gasteiger partial charge is 0.118 e. The van der Waals surface area contributed by atoms with E-state index in [-0.39, 0.29) is 6.10 Å². The second-order valence-corrected chi connectivity index (χ2v) is 8.08. The number of allylic oxidation sites excluding steroid dienone is 2. The van der Waals surface area contributed by atoms with E-state index in [0.29, 0.717) is 0 Å². The summed E-state index contributed by atoms with van der Waals surface area (Å²) in [5, 5.41) is 10.2. The Labute approximate surface area is 174 Å². The molecule has 0 saturated carbocycles. The standard InChI is InChI=1S/C26H44O2/c1-3-4-5-6-7-8-9-10-11-12-13-14-15-16-17-18-25(27)23-24-19-21-26(28-2)22-20-24/h15-16,19-22,25,27H,3-14,17-18,23H2,1-2H3. The Hall–Kier alpha value is -1.28. The van der Waals surface area contributed by atoms with Crippen LogP contribution in [-0.4, -0.2) is 18.3 Å². The first-order valence-electron chi connectivity index (χ1n) is 11.7. The number of benzene rings is 1. The van der Waals surface area contributed by atoms with Crippen LogP contribution in [0.25, 0.3) is 0 Å². The molecule has 1 atom stereocenters. The maximum absolute atomic E-state index is 10.2. The summed E-state index contributed by atoms with van der Waals surface area (Å²) < 4.78 is 5.16. The van der Waals surface area contributed by atoms with E-state index < -0.39 is 0 Å². The average Bonchev–Trinajstić information content (AvgIpc) is 2.71. The molecule has 0 aliphatic rings. The molecule has 1 aromatic rings. The van der Waals surface area contributed by atoms with E-state index in [0.717, 1.165) is 25.0 Å². The number of aliphatic hydroxyl groups excluding tert-OH is 1. The minimum atomic E-state index is -0.264. The summed E-state index contributed by atoms with van der Waals surface area (Å²) >= 11 is 0. The Morgan fingerprint density at radius 1 is 0.786 bits per heavy atom. The lowest BCUT2D eigenvalue weighted by Crippen LogP contribution is -2.09. The van der Waals surface area contributed by atoms with Gasteiger partial charge in [-0.25, -0.2) is 0 Å². The van der Waals surface area contributed by atoms with Crippen molar-refractivity contribution >= 4 is 0 Å². The lowest BCUT2D eigenvalue weighted by molar-refractivity contribution is 0.166. The van der Waals surface area contributed by atoms with Crippen LogP contribution in [0.1, 0.15) is 102 Å². The molecule has 0 aromatic heterocycles. The molecule has 28 heavy (non-hydrogen) atoms. The molecule has 0 bridgehead atoms. The largest absolute Gasteiger partial charge is 0.497 e. The molecule has 0 aliphatic carbocycles. The second-order valence-electron chi connectivity index (χ2n) is 8.08. The summed E-state index contributed by atoms with van der Waals surface area (Å²) in [7, 11) is 1.67. The molecule has 2 nitrogen and oxygen atoms in total. The Bertz CT molecular complexity index is 478. The van der Waals surface area contributed by atoms with Gasteiger partial charge in [0.15, 0.2) is 0 Å². The van der Waals surface area contributed by atoms with Crippen molar-refractivity contribution in [2.45, 2.75) is 109 Å².